The molecule has 1 aromatic heterocycles. The Morgan fingerprint density at radius 3 is 2.52 bits per heavy atom. The van der Waals surface area contributed by atoms with Gasteiger partial charge in [0.1, 0.15) is 0 Å². The van der Waals surface area contributed by atoms with Gasteiger partial charge in [0.05, 0.1) is 11.9 Å². The summed E-state index contributed by atoms with van der Waals surface area (Å²) in [6.45, 7) is 8.04. The van der Waals surface area contributed by atoms with E-state index in [1.54, 1.807) is 12.3 Å². The highest BCUT2D eigenvalue weighted by Gasteiger charge is 2.19. The minimum absolute atomic E-state index is 0.149. The fourth-order valence-corrected chi connectivity index (χ4v) is 2.82. The van der Waals surface area contributed by atoms with Crippen molar-refractivity contribution in [1.29, 1.82) is 0 Å². The number of hydrogen-bond acceptors (Lipinski definition) is 4. The van der Waals surface area contributed by atoms with Crippen LogP contribution in [-0.4, -0.2) is 36.4 Å². The molecule has 1 fully saturated rings. The van der Waals surface area contributed by atoms with Crippen molar-refractivity contribution < 1.29 is 0 Å². The molecule has 1 aliphatic rings. The number of hydrogen-bond donors (Lipinski definition) is 1. The van der Waals surface area contributed by atoms with Crippen LogP contribution in [0.3, 0.4) is 0 Å². The second kappa shape index (κ2) is 5.60. The van der Waals surface area contributed by atoms with E-state index in [1.165, 1.54) is 16.8 Å². The molecule has 0 unspecified atom stereocenters. The number of anilines is 2. The summed E-state index contributed by atoms with van der Waals surface area (Å²) in [4.78, 5) is 16.0. The summed E-state index contributed by atoms with van der Waals surface area (Å²) < 4.78 is 0. The first-order chi connectivity index (χ1) is 10.1. The second-order valence-electron chi connectivity index (χ2n) is 5.50. The van der Waals surface area contributed by atoms with Crippen LogP contribution in [-0.2, 0) is 0 Å². The normalized spacial score (nSPS) is 15.3. The Labute approximate surface area is 124 Å². The lowest BCUT2D eigenvalue weighted by molar-refractivity contribution is 0.650. The Morgan fingerprint density at radius 2 is 1.81 bits per heavy atom. The Morgan fingerprint density at radius 1 is 1.10 bits per heavy atom. The second-order valence-corrected chi connectivity index (χ2v) is 5.50. The molecular weight excluding hydrogens is 264 g/mol. The first-order valence-corrected chi connectivity index (χ1v) is 7.26. The smallest absolute Gasteiger partial charge is 0.266 e. The summed E-state index contributed by atoms with van der Waals surface area (Å²) in [5, 5.41) is 6.29. The third-order valence-corrected chi connectivity index (χ3v) is 4.21. The van der Waals surface area contributed by atoms with Crippen LogP contribution in [0.2, 0.25) is 0 Å². The van der Waals surface area contributed by atoms with Crippen LogP contribution >= 0.6 is 0 Å². The zero-order chi connectivity index (χ0) is 14.8. The van der Waals surface area contributed by atoms with Gasteiger partial charge in [0.25, 0.3) is 5.56 Å². The highest BCUT2D eigenvalue weighted by Crippen LogP contribution is 2.24. The van der Waals surface area contributed by atoms with Gasteiger partial charge in [-0.1, -0.05) is 12.1 Å². The predicted molar refractivity (Wildman–Crippen MR) is 85.2 cm³/mol. The Balaban J connectivity index is 1.73. The molecule has 1 saturated heterocycles. The van der Waals surface area contributed by atoms with Crippen molar-refractivity contribution in [3.05, 3.63) is 51.9 Å². The van der Waals surface area contributed by atoms with E-state index in [0.717, 1.165) is 31.9 Å². The van der Waals surface area contributed by atoms with E-state index >= 15 is 0 Å². The van der Waals surface area contributed by atoms with Gasteiger partial charge in [0, 0.05) is 37.9 Å². The lowest BCUT2D eigenvalue weighted by Crippen LogP contribution is -2.47. The van der Waals surface area contributed by atoms with E-state index < -0.39 is 0 Å². The molecule has 2 heterocycles. The summed E-state index contributed by atoms with van der Waals surface area (Å²) in [5.74, 6) is 0. The van der Waals surface area contributed by atoms with Gasteiger partial charge in [0.15, 0.2) is 0 Å². The monoisotopic (exact) mass is 284 g/mol. The van der Waals surface area contributed by atoms with Crippen molar-refractivity contribution in [2.75, 3.05) is 36.0 Å². The van der Waals surface area contributed by atoms with Crippen molar-refractivity contribution >= 4 is 11.4 Å². The molecule has 1 N–H and O–H groups in total. The Kier molecular flexibility index (Phi) is 3.64. The van der Waals surface area contributed by atoms with Gasteiger partial charge < -0.3 is 9.80 Å². The number of piperazine rings is 1. The first kappa shape index (κ1) is 13.7. The molecule has 3 rings (SSSR count). The molecule has 0 atom stereocenters. The highest BCUT2D eigenvalue weighted by atomic mass is 16.1. The van der Waals surface area contributed by atoms with Crippen LogP contribution in [0.25, 0.3) is 0 Å². The lowest BCUT2D eigenvalue weighted by atomic mass is 10.1. The Hall–Kier alpha value is -2.30. The maximum Gasteiger partial charge on any atom is 0.266 e. The topological polar surface area (TPSA) is 52.2 Å². The maximum atomic E-state index is 11.3. The van der Waals surface area contributed by atoms with Crippen molar-refractivity contribution in [3.63, 3.8) is 0 Å². The van der Waals surface area contributed by atoms with E-state index in [-0.39, 0.29) is 5.56 Å². The number of aromatic nitrogens is 2. The number of aryl methyl sites for hydroxylation is 1. The van der Waals surface area contributed by atoms with E-state index in [0.29, 0.717) is 0 Å². The average molecular weight is 284 g/mol. The first-order valence-electron chi connectivity index (χ1n) is 7.26. The molecule has 5 nitrogen and oxygen atoms in total. The molecule has 0 bridgehead atoms. The molecule has 110 valence electrons. The molecule has 0 amide bonds. The SMILES string of the molecule is Cc1cccc(N2CCN(c3cn[nH]c(=O)c3)CC2)c1C. The number of rotatable bonds is 2. The third-order valence-electron chi connectivity index (χ3n) is 4.21. The molecule has 0 saturated carbocycles. The number of nitrogens with one attached hydrogen (secondary N) is 1. The molecule has 5 heteroatoms. The van der Waals surface area contributed by atoms with Gasteiger partial charge in [-0.15, -0.1) is 0 Å². The van der Waals surface area contributed by atoms with Crippen molar-refractivity contribution in [3.8, 4) is 0 Å². The van der Waals surface area contributed by atoms with E-state index in [1.807, 2.05) is 0 Å². The van der Waals surface area contributed by atoms with Crippen LogP contribution in [0.15, 0.2) is 35.3 Å². The van der Waals surface area contributed by atoms with E-state index in [9.17, 15) is 4.79 Å². The van der Waals surface area contributed by atoms with Crippen LogP contribution in [0.4, 0.5) is 11.4 Å². The van der Waals surface area contributed by atoms with Gasteiger partial charge in [-0.3, -0.25) is 4.79 Å². The summed E-state index contributed by atoms with van der Waals surface area (Å²) in [6.07, 6.45) is 1.72. The van der Waals surface area contributed by atoms with Crippen LogP contribution < -0.4 is 15.4 Å². The summed E-state index contributed by atoms with van der Waals surface area (Å²) >= 11 is 0. The molecule has 2 aromatic rings. The van der Waals surface area contributed by atoms with Gasteiger partial charge in [-0.25, -0.2) is 5.10 Å². The minimum Gasteiger partial charge on any atom is -0.368 e. The molecule has 21 heavy (non-hydrogen) atoms. The molecular formula is C16H20N4O. The zero-order valence-electron chi connectivity index (χ0n) is 12.5. The quantitative estimate of drug-likeness (QED) is 0.912. The van der Waals surface area contributed by atoms with Crippen LogP contribution in [0.5, 0.6) is 0 Å². The average Bonchev–Trinajstić information content (AvgIpc) is 2.50. The van der Waals surface area contributed by atoms with Gasteiger partial charge >= 0.3 is 0 Å². The van der Waals surface area contributed by atoms with Crippen LogP contribution in [0.1, 0.15) is 11.1 Å². The van der Waals surface area contributed by atoms with Gasteiger partial charge in [-0.2, -0.15) is 5.10 Å². The number of aromatic amines is 1. The summed E-state index contributed by atoms with van der Waals surface area (Å²) in [6, 6.07) is 8.06. The van der Waals surface area contributed by atoms with Crippen LogP contribution in [0, 0.1) is 13.8 Å². The fraction of sp³-hybridized carbons (Fsp3) is 0.375. The van der Waals surface area contributed by atoms with Gasteiger partial charge in [0.2, 0.25) is 0 Å². The number of H-pyrrole nitrogens is 1. The summed E-state index contributed by atoms with van der Waals surface area (Å²) in [5.41, 5.74) is 4.75. The molecule has 1 aromatic carbocycles. The van der Waals surface area contributed by atoms with E-state index in [2.05, 4.69) is 52.0 Å². The maximum absolute atomic E-state index is 11.3. The molecule has 0 aliphatic carbocycles. The molecule has 1 aliphatic heterocycles. The third kappa shape index (κ3) is 2.77. The number of benzene rings is 1. The minimum atomic E-state index is -0.149. The molecule has 0 radical (unpaired) electrons. The largest absolute Gasteiger partial charge is 0.368 e. The Bertz CT molecular complexity index is 687. The number of nitrogens with zero attached hydrogens (tertiary/aromatic N) is 3. The standard InChI is InChI=1S/C16H20N4O/c1-12-4-3-5-15(13(12)2)20-8-6-19(7-9-20)14-10-16(21)18-17-11-14/h3-5,10-11H,6-9H2,1-2H3,(H,18,21). The van der Waals surface area contributed by atoms with Crippen molar-refractivity contribution in [2.45, 2.75) is 13.8 Å². The lowest BCUT2D eigenvalue weighted by Gasteiger charge is -2.37. The predicted octanol–water partition coefficient (Wildman–Crippen LogP) is 1.71. The fourth-order valence-electron chi connectivity index (χ4n) is 2.82. The highest BCUT2D eigenvalue weighted by molar-refractivity contribution is 5.57. The van der Waals surface area contributed by atoms with Crippen molar-refractivity contribution in [1.82, 2.24) is 10.2 Å². The summed E-state index contributed by atoms with van der Waals surface area (Å²) in [7, 11) is 0. The zero-order valence-corrected chi connectivity index (χ0v) is 12.5. The van der Waals surface area contributed by atoms with Gasteiger partial charge in [-0.05, 0) is 31.0 Å². The van der Waals surface area contributed by atoms with E-state index in [4.69, 9.17) is 0 Å². The molecule has 0 spiro atoms. The van der Waals surface area contributed by atoms with Crippen molar-refractivity contribution in [2.24, 2.45) is 0 Å².